The van der Waals surface area contributed by atoms with Crippen LogP contribution in [0.2, 0.25) is 0 Å². The highest BCUT2D eigenvalue weighted by atomic mass is 32.2. The van der Waals surface area contributed by atoms with Crippen molar-refractivity contribution >= 4 is 15.8 Å². The first-order valence-electron chi connectivity index (χ1n) is 9.03. The average Bonchev–Trinajstić information content (AvgIpc) is 3.15. The van der Waals surface area contributed by atoms with Crippen LogP contribution in [0.1, 0.15) is 5.89 Å². The van der Waals surface area contributed by atoms with Gasteiger partial charge in [0.2, 0.25) is 5.89 Å². The van der Waals surface area contributed by atoms with Gasteiger partial charge in [0.15, 0.2) is 18.2 Å². The minimum absolute atomic E-state index is 0.0443. The number of nitrogens with zero attached hydrogens (tertiary/aromatic N) is 1. The first-order chi connectivity index (χ1) is 14.5. The van der Waals surface area contributed by atoms with Crippen LogP contribution < -0.4 is 9.46 Å². The summed E-state index contributed by atoms with van der Waals surface area (Å²) in [6, 6.07) is 22.6. The summed E-state index contributed by atoms with van der Waals surface area (Å²) in [5.74, 6) is 0.321. The molecule has 30 heavy (non-hydrogen) atoms. The van der Waals surface area contributed by atoms with Gasteiger partial charge in [-0.15, -0.1) is 0 Å². The number of sulfonamides is 1. The fourth-order valence-electron chi connectivity index (χ4n) is 2.77. The number of hydrogen-bond donors (Lipinski definition) is 1. The summed E-state index contributed by atoms with van der Waals surface area (Å²) in [4.78, 5) is 4.36. The first kappa shape index (κ1) is 19.7. The van der Waals surface area contributed by atoms with Gasteiger partial charge in [0.1, 0.15) is 11.6 Å². The van der Waals surface area contributed by atoms with E-state index in [-0.39, 0.29) is 29.0 Å². The standard InChI is InChI=1S/C22H17FN2O4S/c23-17-10-7-11-18(14-17)28-15-20-24-22(21(29-20)16-8-3-1-4-9-16)25-30(26,27)19-12-5-2-6-13-19/h1-14,25H,15H2. The largest absolute Gasteiger partial charge is 0.484 e. The molecule has 0 unspecified atom stereocenters. The van der Waals surface area contributed by atoms with Gasteiger partial charge in [-0.1, -0.05) is 54.6 Å². The average molecular weight is 424 g/mol. The fraction of sp³-hybridized carbons (Fsp3) is 0.0455. The molecule has 1 heterocycles. The third kappa shape index (κ3) is 4.49. The minimum Gasteiger partial charge on any atom is -0.484 e. The number of halogens is 1. The molecule has 0 saturated carbocycles. The maximum absolute atomic E-state index is 13.3. The molecule has 0 atom stereocenters. The van der Waals surface area contributed by atoms with Gasteiger partial charge in [0.05, 0.1) is 4.90 Å². The Morgan fingerprint density at radius 2 is 1.63 bits per heavy atom. The van der Waals surface area contributed by atoms with Crippen molar-refractivity contribution in [3.63, 3.8) is 0 Å². The molecule has 0 aliphatic carbocycles. The SMILES string of the molecule is O=S(=O)(Nc1nc(COc2cccc(F)c2)oc1-c1ccccc1)c1ccccc1. The number of nitrogens with one attached hydrogen (secondary N) is 1. The van der Waals surface area contributed by atoms with Crippen molar-refractivity contribution in [2.75, 3.05) is 4.72 Å². The molecule has 0 amide bonds. The Labute approximate surface area is 173 Å². The van der Waals surface area contributed by atoms with E-state index in [9.17, 15) is 12.8 Å². The Hall–Kier alpha value is -3.65. The van der Waals surface area contributed by atoms with Gasteiger partial charge in [0.25, 0.3) is 10.0 Å². The van der Waals surface area contributed by atoms with Crippen molar-refractivity contribution in [2.45, 2.75) is 11.5 Å². The van der Waals surface area contributed by atoms with E-state index < -0.39 is 15.8 Å². The first-order valence-corrected chi connectivity index (χ1v) is 10.5. The van der Waals surface area contributed by atoms with Crippen molar-refractivity contribution in [3.05, 3.63) is 96.6 Å². The Kier molecular flexibility index (Phi) is 5.49. The summed E-state index contributed by atoms with van der Waals surface area (Å²) >= 11 is 0. The summed E-state index contributed by atoms with van der Waals surface area (Å²) < 4.78 is 52.6. The van der Waals surface area contributed by atoms with Crippen LogP contribution in [0.5, 0.6) is 5.75 Å². The summed E-state index contributed by atoms with van der Waals surface area (Å²) in [6.45, 7) is -0.101. The lowest BCUT2D eigenvalue weighted by atomic mass is 10.2. The molecule has 0 aliphatic heterocycles. The summed E-state index contributed by atoms with van der Waals surface area (Å²) in [7, 11) is -3.87. The molecule has 3 aromatic carbocycles. The monoisotopic (exact) mass is 424 g/mol. The van der Waals surface area contributed by atoms with Gasteiger partial charge in [-0.3, -0.25) is 4.72 Å². The predicted molar refractivity (Wildman–Crippen MR) is 110 cm³/mol. The van der Waals surface area contributed by atoms with Crippen LogP contribution in [0.15, 0.2) is 94.2 Å². The molecular weight excluding hydrogens is 407 g/mol. The van der Waals surface area contributed by atoms with Gasteiger partial charge >= 0.3 is 0 Å². The van der Waals surface area contributed by atoms with Gasteiger partial charge in [-0.05, 0) is 24.3 Å². The predicted octanol–water partition coefficient (Wildman–Crippen LogP) is 4.86. The van der Waals surface area contributed by atoms with E-state index in [0.29, 0.717) is 11.3 Å². The minimum atomic E-state index is -3.87. The highest BCUT2D eigenvalue weighted by Crippen LogP contribution is 2.31. The third-order valence-corrected chi connectivity index (χ3v) is 5.51. The lowest BCUT2D eigenvalue weighted by molar-refractivity contribution is 0.263. The molecule has 6 nitrogen and oxygen atoms in total. The van der Waals surface area contributed by atoms with Crippen LogP contribution >= 0.6 is 0 Å². The molecule has 152 valence electrons. The van der Waals surface area contributed by atoms with Gasteiger partial charge in [0, 0.05) is 11.6 Å². The quantitative estimate of drug-likeness (QED) is 0.458. The van der Waals surface area contributed by atoms with E-state index in [2.05, 4.69) is 9.71 Å². The van der Waals surface area contributed by atoms with E-state index in [1.54, 1.807) is 48.5 Å². The lowest BCUT2D eigenvalue weighted by Crippen LogP contribution is -2.13. The molecule has 0 aliphatic rings. The van der Waals surface area contributed by atoms with E-state index in [1.165, 1.54) is 30.3 Å². The van der Waals surface area contributed by atoms with Crippen LogP contribution in [0.4, 0.5) is 10.2 Å². The molecule has 0 saturated heterocycles. The van der Waals surface area contributed by atoms with Crippen molar-refractivity contribution in [3.8, 4) is 17.1 Å². The van der Waals surface area contributed by atoms with E-state index >= 15 is 0 Å². The molecular formula is C22H17FN2O4S. The highest BCUT2D eigenvalue weighted by molar-refractivity contribution is 7.92. The molecule has 0 spiro atoms. The molecule has 4 rings (SSSR count). The Balaban J connectivity index is 1.64. The second-order valence-corrected chi connectivity index (χ2v) is 8.00. The lowest BCUT2D eigenvalue weighted by Gasteiger charge is -2.06. The zero-order valence-corrected chi connectivity index (χ0v) is 16.5. The number of oxazole rings is 1. The van der Waals surface area contributed by atoms with Crippen LogP contribution in [0.25, 0.3) is 11.3 Å². The van der Waals surface area contributed by atoms with Crippen molar-refractivity contribution < 1.29 is 22.0 Å². The summed E-state index contributed by atoms with van der Waals surface area (Å²) in [5, 5.41) is 0. The van der Waals surface area contributed by atoms with Crippen LogP contribution in [0, 0.1) is 5.82 Å². The smallest absolute Gasteiger partial charge is 0.263 e. The van der Waals surface area contributed by atoms with E-state index in [1.807, 2.05) is 6.07 Å². The second-order valence-electron chi connectivity index (χ2n) is 6.32. The Morgan fingerprint density at radius 3 is 2.33 bits per heavy atom. The molecule has 0 radical (unpaired) electrons. The van der Waals surface area contributed by atoms with Gasteiger partial charge in [-0.2, -0.15) is 4.98 Å². The normalized spacial score (nSPS) is 11.2. The Bertz CT molecular complexity index is 1240. The number of ether oxygens (including phenoxy) is 1. The van der Waals surface area contributed by atoms with Crippen molar-refractivity contribution in [2.24, 2.45) is 0 Å². The van der Waals surface area contributed by atoms with Crippen LogP contribution in [-0.2, 0) is 16.6 Å². The molecule has 0 fully saturated rings. The summed E-state index contributed by atoms with van der Waals surface area (Å²) in [5.41, 5.74) is 0.646. The molecule has 1 aromatic heterocycles. The topological polar surface area (TPSA) is 81.4 Å². The third-order valence-electron chi connectivity index (χ3n) is 4.15. The van der Waals surface area contributed by atoms with E-state index in [0.717, 1.165) is 0 Å². The maximum Gasteiger partial charge on any atom is 0.263 e. The number of anilines is 1. The number of hydrogen-bond acceptors (Lipinski definition) is 5. The number of rotatable bonds is 7. The number of benzene rings is 3. The maximum atomic E-state index is 13.3. The molecule has 0 bridgehead atoms. The van der Waals surface area contributed by atoms with Gasteiger partial charge < -0.3 is 9.15 Å². The molecule has 4 aromatic rings. The zero-order chi connectivity index (χ0) is 21.0. The highest BCUT2D eigenvalue weighted by Gasteiger charge is 2.22. The zero-order valence-electron chi connectivity index (χ0n) is 15.7. The van der Waals surface area contributed by atoms with E-state index in [4.69, 9.17) is 9.15 Å². The van der Waals surface area contributed by atoms with Gasteiger partial charge in [-0.25, -0.2) is 12.8 Å². The number of aromatic nitrogens is 1. The fourth-order valence-corrected chi connectivity index (χ4v) is 3.79. The second kappa shape index (κ2) is 8.38. The molecule has 8 heteroatoms. The van der Waals surface area contributed by atoms with Crippen molar-refractivity contribution in [1.29, 1.82) is 0 Å². The molecule has 1 N–H and O–H groups in total. The van der Waals surface area contributed by atoms with Crippen molar-refractivity contribution in [1.82, 2.24) is 4.98 Å². The summed E-state index contributed by atoms with van der Waals surface area (Å²) in [6.07, 6.45) is 0. The Morgan fingerprint density at radius 1 is 0.933 bits per heavy atom. The van der Waals surface area contributed by atoms with Crippen LogP contribution in [0.3, 0.4) is 0 Å². The van der Waals surface area contributed by atoms with Crippen LogP contribution in [-0.4, -0.2) is 13.4 Å².